The summed E-state index contributed by atoms with van der Waals surface area (Å²) in [5.41, 5.74) is 2.92. The van der Waals surface area contributed by atoms with E-state index in [2.05, 4.69) is 12.2 Å². The van der Waals surface area contributed by atoms with E-state index in [1.807, 2.05) is 0 Å². The summed E-state index contributed by atoms with van der Waals surface area (Å²) >= 11 is 5.47. The van der Waals surface area contributed by atoms with Crippen LogP contribution in [0.2, 0.25) is 0 Å². The number of hydrogen-bond donors (Lipinski definition) is 0. The lowest BCUT2D eigenvalue weighted by molar-refractivity contribution is 0.822. The zero-order chi connectivity index (χ0) is 5.82. The first-order valence-corrected chi connectivity index (χ1v) is 3.33. The average molecular weight is 129 g/mol. The van der Waals surface area contributed by atoms with Crippen molar-refractivity contribution in [1.82, 2.24) is 0 Å². The lowest BCUT2D eigenvalue weighted by Crippen LogP contribution is -1.83. The lowest BCUT2D eigenvalue weighted by Gasteiger charge is -2.03. The Morgan fingerprint density at radius 2 is 2.50 bits per heavy atom. The van der Waals surface area contributed by atoms with Crippen LogP contribution in [0, 0.1) is 0 Å². The van der Waals surface area contributed by atoms with Gasteiger partial charge in [-0.2, -0.15) is 0 Å². The molecule has 0 fully saturated rings. The molecule has 1 rings (SSSR count). The van der Waals surface area contributed by atoms with Gasteiger partial charge in [-0.3, -0.25) is 0 Å². The van der Waals surface area contributed by atoms with Gasteiger partial charge in [0.2, 0.25) is 0 Å². The molecule has 0 spiro atoms. The van der Waals surface area contributed by atoms with E-state index >= 15 is 0 Å². The Hall–Kier alpha value is -0.230. The van der Waals surface area contributed by atoms with Gasteiger partial charge in [0.15, 0.2) is 0 Å². The Balaban J connectivity index is 2.56. The highest BCUT2D eigenvalue weighted by Gasteiger charge is 1.95. The standard InChI is InChI=1S/C7H9Cl/c8-6-7-4-2-1-3-5-7/h2,4,6H,1,3,5H2/b7-6-. The smallest absolute Gasteiger partial charge is 0.00744 e. The summed E-state index contributed by atoms with van der Waals surface area (Å²) in [5.74, 6) is 0. The third kappa shape index (κ3) is 1.38. The Bertz CT molecular complexity index is 122. The molecule has 1 aliphatic carbocycles. The van der Waals surface area contributed by atoms with Gasteiger partial charge in [0, 0.05) is 5.54 Å². The van der Waals surface area contributed by atoms with Crippen LogP contribution >= 0.6 is 11.6 Å². The third-order valence-electron chi connectivity index (χ3n) is 1.31. The summed E-state index contributed by atoms with van der Waals surface area (Å²) in [6.45, 7) is 0. The van der Waals surface area contributed by atoms with Crippen molar-refractivity contribution in [2.45, 2.75) is 19.3 Å². The van der Waals surface area contributed by atoms with Crippen LogP contribution in [-0.2, 0) is 0 Å². The van der Waals surface area contributed by atoms with Gasteiger partial charge in [0.05, 0.1) is 0 Å². The molecular weight excluding hydrogens is 120 g/mol. The molecule has 8 heavy (non-hydrogen) atoms. The summed E-state index contributed by atoms with van der Waals surface area (Å²) < 4.78 is 0. The highest BCUT2D eigenvalue weighted by Crippen LogP contribution is 2.15. The van der Waals surface area contributed by atoms with Gasteiger partial charge < -0.3 is 0 Å². The molecule has 0 radical (unpaired) electrons. The minimum atomic E-state index is 1.15. The molecule has 0 aromatic rings. The third-order valence-corrected chi connectivity index (χ3v) is 1.59. The lowest BCUT2D eigenvalue weighted by atomic mass is 10.0. The molecule has 0 aliphatic heterocycles. The molecule has 0 aromatic heterocycles. The van der Waals surface area contributed by atoms with Crippen LogP contribution in [0.4, 0.5) is 0 Å². The Kier molecular flexibility index (Phi) is 2.16. The molecule has 0 amide bonds. The highest BCUT2D eigenvalue weighted by atomic mass is 35.5. The van der Waals surface area contributed by atoms with Gasteiger partial charge in [-0.05, 0) is 24.8 Å². The molecule has 1 heteroatoms. The van der Waals surface area contributed by atoms with Crippen molar-refractivity contribution >= 4 is 11.6 Å². The quantitative estimate of drug-likeness (QED) is 0.471. The first-order chi connectivity index (χ1) is 3.93. The summed E-state index contributed by atoms with van der Waals surface area (Å²) in [7, 11) is 0. The highest BCUT2D eigenvalue weighted by molar-refractivity contribution is 6.25. The molecule has 0 heterocycles. The molecule has 0 saturated heterocycles. The zero-order valence-electron chi connectivity index (χ0n) is 4.73. The first-order valence-electron chi connectivity index (χ1n) is 2.89. The Morgan fingerprint density at radius 1 is 1.62 bits per heavy atom. The van der Waals surface area contributed by atoms with Crippen LogP contribution in [0.5, 0.6) is 0 Å². The van der Waals surface area contributed by atoms with Crippen LogP contribution in [0.15, 0.2) is 23.3 Å². The second-order valence-corrected chi connectivity index (χ2v) is 2.20. The van der Waals surface area contributed by atoms with E-state index in [4.69, 9.17) is 11.6 Å². The van der Waals surface area contributed by atoms with E-state index < -0.39 is 0 Å². The topological polar surface area (TPSA) is 0 Å². The van der Waals surface area contributed by atoms with E-state index in [-0.39, 0.29) is 0 Å². The molecule has 0 atom stereocenters. The van der Waals surface area contributed by atoms with Crippen molar-refractivity contribution in [1.29, 1.82) is 0 Å². The van der Waals surface area contributed by atoms with Crippen LogP contribution < -0.4 is 0 Å². The molecule has 0 unspecified atom stereocenters. The van der Waals surface area contributed by atoms with E-state index in [1.54, 1.807) is 5.54 Å². The van der Waals surface area contributed by atoms with E-state index in [9.17, 15) is 0 Å². The van der Waals surface area contributed by atoms with Crippen molar-refractivity contribution in [2.75, 3.05) is 0 Å². The van der Waals surface area contributed by atoms with E-state index in [0.717, 1.165) is 6.42 Å². The van der Waals surface area contributed by atoms with Crippen LogP contribution in [0.1, 0.15) is 19.3 Å². The van der Waals surface area contributed by atoms with Crippen LogP contribution in [0.25, 0.3) is 0 Å². The minimum absolute atomic E-state index is 1.15. The molecule has 0 nitrogen and oxygen atoms in total. The molecule has 0 N–H and O–H groups in total. The predicted octanol–water partition coefficient (Wildman–Crippen LogP) is 2.85. The zero-order valence-corrected chi connectivity index (χ0v) is 5.49. The number of rotatable bonds is 0. The number of halogens is 1. The fraction of sp³-hybridized carbons (Fsp3) is 0.429. The summed E-state index contributed by atoms with van der Waals surface area (Å²) in [5, 5.41) is 0. The largest absolute Gasteiger partial charge is 0.0927 e. The summed E-state index contributed by atoms with van der Waals surface area (Å²) in [6, 6.07) is 0. The van der Waals surface area contributed by atoms with Crippen LogP contribution in [0.3, 0.4) is 0 Å². The first kappa shape index (κ1) is 5.90. The molecule has 1 aliphatic rings. The normalized spacial score (nSPS) is 24.4. The van der Waals surface area contributed by atoms with Gasteiger partial charge >= 0.3 is 0 Å². The monoisotopic (exact) mass is 128 g/mol. The number of hydrogen-bond acceptors (Lipinski definition) is 0. The predicted molar refractivity (Wildman–Crippen MR) is 36.9 cm³/mol. The number of allylic oxidation sites excluding steroid dienone is 3. The van der Waals surface area contributed by atoms with E-state index in [1.165, 1.54) is 18.4 Å². The summed E-state index contributed by atoms with van der Waals surface area (Å²) in [4.78, 5) is 0. The maximum Gasteiger partial charge on any atom is 0.00744 e. The maximum atomic E-state index is 5.47. The van der Waals surface area contributed by atoms with Crippen LogP contribution in [-0.4, -0.2) is 0 Å². The SMILES string of the molecule is Cl/C=C1/C=CCCC1. The van der Waals surface area contributed by atoms with Gasteiger partial charge in [0.1, 0.15) is 0 Å². The van der Waals surface area contributed by atoms with Crippen molar-refractivity contribution < 1.29 is 0 Å². The minimum Gasteiger partial charge on any atom is -0.0927 e. The van der Waals surface area contributed by atoms with Gasteiger partial charge in [-0.15, -0.1) is 0 Å². The van der Waals surface area contributed by atoms with Gasteiger partial charge in [-0.1, -0.05) is 23.8 Å². The second-order valence-electron chi connectivity index (χ2n) is 1.98. The van der Waals surface area contributed by atoms with Crippen molar-refractivity contribution in [2.24, 2.45) is 0 Å². The Labute approximate surface area is 54.8 Å². The fourth-order valence-corrected chi connectivity index (χ4v) is 1.01. The van der Waals surface area contributed by atoms with Gasteiger partial charge in [0.25, 0.3) is 0 Å². The van der Waals surface area contributed by atoms with Crippen molar-refractivity contribution in [3.05, 3.63) is 23.3 Å². The van der Waals surface area contributed by atoms with Gasteiger partial charge in [-0.25, -0.2) is 0 Å². The molecular formula is C7H9Cl. The summed E-state index contributed by atoms with van der Waals surface area (Å²) in [6.07, 6.45) is 7.89. The van der Waals surface area contributed by atoms with Crippen molar-refractivity contribution in [3.8, 4) is 0 Å². The molecule has 0 aromatic carbocycles. The molecule has 0 bridgehead atoms. The second kappa shape index (κ2) is 2.93. The maximum absolute atomic E-state index is 5.47. The molecule has 44 valence electrons. The Morgan fingerprint density at radius 3 is 2.88 bits per heavy atom. The fourth-order valence-electron chi connectivity index (χ4n) is 0.833. The average Bonchev–Trinajstić information content (AvgIpc) is 1.90. The van der Waals surface area contributed by atoms with E-state index in [0.29, 0.717) is 0 Å². The molecule has 0 saturated carbocycles. The van der Waals surface area contributed by atoms with Crippen molar-refractivity contribution in [3.63, 3.8) is 0 Å².